The predicted molar refractivity (Wildman–Crippen MR) is 54.3 cm³/mol. The van der Waals surface area contributed by atoms with Crippen LogP contribution in [0.3, 0.4) is 0 Å². The van der Waals surface area contributed by atoms with Crippen molar-refractivity contribution in [3.63, 3.8) is 0 Å². The zero-order chi connectivity index (χ0) is 9.68. The highest BCUT2D eigenvalue weighted by Crippen LogP contribution is 2.12. The Hall–Kier alpha value is -1.31. The summed E-state index contributed by atoms with van der Waals surface area (Å²) in [5.41, 5.74) is 1.05. The van der Waals surface area contributed by atoms with Crippen LogP contribution < -0.4 is 0 Å². The Kier molecular flexibility index (Phi) is 3.50. The molecule has 1 aliphatic rings. The van der Waals surface area contributed by atoms with E-state index in [2.05, 4.69) is 13.2 Å². The summed E-state index contributed by atoms with van der Waals surface area (Å²) in [5.74, 6) is 0.247. The first-order valence-corrected chi connectivity index (χ1v) is 4.49. The first-order valence-electron chi connectivity index (χ1n) is 4.49. The fraction of sp³-hybridized carbons (Fsp3) is 0.364. The van der Waals surface area contributed by atoms with Gasteiger partial charge in [0.25, 0.3) is 0 Å². The number of allylic oxidation sites excluding steroid dienone is 2. The molecule has 0 bridgehead atoms. The van der Waals surface area contributed by atoms with Crippen LogP contribution in [0.5, 0.6) is 0 Å². The van der Waals surface area contributed by atoms with Gasteiger partial charge in [0.15, 0.2) is 0 Å². The molecule has 0 aromatic rings. The maximum Gasteiger partial charge on any atom is 0.222 e. The largest absolute Gasteiger partial charge is 0.338 e. The van der Waals surface area contributed by atoms with Gasteiger partial charge >= 0.3 is 0 Å². The van der Waals surface area contributed by atoms with E-state index in [0.717, 1.165) is 18.5 Å². The van der Waals surface area contributed by atoms with Crippen molar-refractivity contribution in [3.8, 4) is 0 Å². The lowest BCUT2D eigenvalue weighted by atomic mass is 10.2. The van der Waals surface area contributed by atoms with E-state index in [4.69, 9.17) is 0 Å². The fourth-order valence-corrected chi connectivity index (χ4v) is 1.43. The van der Waals surface area contributed by atoms with Crippen molar-refractivity contribution in [2.45, 2.75) is 12.8 Å². The van der Waals surface area contributed by atoms with Crippen molar-refractivity contribution in [1.82, 2.24) is 4.90 Å². The van der Waals surface area contributed by atoms with Gasteiger partial charge in [0.05, 0.1) is 0 Å². The second-order valence-electron chi connectivity index (χ2n) is 3.10. The summed E-state index contributed by atoms with van der Waals surface area (Å²) in [7, 11) is 0. The quantitative estimate of drug-likeness (QED) is 0.601. The topological polar surface area (TPSA) is 20.3 Å². The van der Waals surface area contributed by atoms with Gasteiger partial charge in [-0.15, -0.1) is 0 Å². The third-order valence-corrected chi connectivity index (χ3v) is 2.14. The van der Waals surface area contributed by atoms with Crippen molar-refractivity contribution >= 4 is 5.91 Å². The minimum Gasteiger partial charge on any atom is -0.338 e. The number of carbonyl (C=O) groups excluding carboxylic acids is 1. The van der Waals surface area contributed by atoms with Crippen LogP contribution in [-0.4, -0.2) is 23.9 Å². The van der Waals surface area contributed by atoms with Crippen molar-refractivity contribution in [3.05, 3.63) is 37.0 Å². The minimum atomic E-state index is 0.247. The molecule has 0 aromatic carbocycles. The number of amides is 1. The molecule has 2 nitrogen and oxygen atoms in total. The number of nitrogens with zero attached hydrogens (tertiary/aromatic N) is 1. The van der Waals surface area contributed by atoms with Crippen LogP contribution in [0.2, 0.25) is 0 Å². The van der Waals surface area contributed by atoms with Crippen LogP contribution in [0.1, 0.15) is 12.8 Å². The number of hydrogen-bond donors (Lipinski definition) is 0. The molecule has 1 rings (SSSR count). The lowest BCUT2D eigenvalue weighted by Gasteiger charge is -2.15. The molecule has 0 aliphatic carbocycles. The van der Waals surface area contributed by atoms with Gasteiger partial charge in [-0.1, -0.05) is 31.4 Å². The zero-order valence-electron chi connectivity index (χ0n) is 7.83. The predicted octanol–water partition coefficient (Wildman–Crippen LogP) is 1.91. The standard InChI is InChI=1S/C11H15NO/c1-3-6-10(4-2)9-12-8-5-7-11(12)13/h3-4,6H,1-2,5,7-9H2/b10-6+. The van der Waals surface area contributed by atoms with E-state index in [1.165, 1.54) is 0 Å². The first kappa shape index (κ1) is 9.78. The number of likely N-dealkylation sites (tertiary alicyclic amines) is 1. The molecule has 70 valence electrons. The highest BCUT2D eigenvalue weighted by Gasteiger charge is 2.19. The third-order valence-electron chi connectivity index (χ3n) is 2.14. The maximum atomic E-state index is 11.3. The molecule has 0 radical (unpaired) electrons. The summed E-state index contributed by atoms with van der Waals surface area (Å²) >= 11 is 0. The summed E-state index contributed by atoms with van der Waals surface area (Å²) in [6, 6.07) is 0. The molecule has 1 aliphatic heterocycles. The molecule has 13 heavy (non-hydrogen) atoms. The summed E-state index contributed by atoms with van der Waals surface area (Å²) in [5, 5.41) is 0. The highest BCUT2D eigenvalue weighted by atomic mass is 16.2. The maximum absolute atomic E-state index is 11.3. The van der Waals surface area contributed by atoms with Crippen molar-refractivity contribution in [1.29, 1.82) is 0 Å². The van der Waals surface area contributed by atoms with Crippen LogP contribution in [0.25, 0.3) is 0 Å². The van der Waals surface area contributed by atoms with E-state index in [0.29, 0.717) is 13.0 Å². The van der Waals surface area contributed by atoms with E-state index in [1.54, 1.807) is 12.2 Å². The smallest absolute Gasteiger partial charge is 0.222 e. The highest BCUT2D eigenvalue weighted by molar-refractivity contribution is 5.78. The van der Waals surface area contributed by atoms with Crippen molar-refractivity contribution < 1.29 is 4.79 Å². The monoisotopic (exact) mass is 177 g/mol. The van der Waals surface area contributed by atoms with Gasteiger partial charge in [-0.05, 0) is 12.0 Å². The molecule has 1 amide bonds. The fourth-order valence-electron chi connectivity index (χ4n) is 1.43. The zero-order valence-corrected chi connectivity index (χ0v) is 7.83. The van der Waals surface area contributed by atoms with Crippen LogP contribution in [0, 0.1) is 0 Å². The lowest BCUT2D eigenvalue weighted by molar-refractivity contribution is -0.127. The number of hydrogen-bond acceptors (Lipinski definition) is 1. The van der Waals surface area contributed by atoms with Crippen LogP contribution in [-0.2, 0) is 4.79 Å². The molecule has 1 heterocycles. The van der Waals surface area contributed by atoms with Crippen molar-refractivity contribution in [2.24, 2.45) is 0 Å². The SMILES string of the molecule is C=C/C=C(\C=C)CN1CCCC1=O. The average Bonchev–Trinajstić information content (AvgIpc) is 2.51. The third kappa shape index (κ3) is 2.58. The molecule has 0 saturated carbocycles. The van der Waals surface area contributed by atoms with Gasteiger partial charge in [-0.2, -0.15) is 0 Å². The number of rotatable bonds is 4. The van der Waals surface area contributed by atoms with Gasteiger partial charge in [0.1, 0.15) is 0 Å². The van der Waals surface area contributed by atoms with Crippen LogP contribution >= 0.6 is 0 Å². The van der Waals surface area contributed by atoms with Gasteiger partial charge in [0.2, 0.25) is 5.91 Å². The molecule has 0 spiro atoms. The van der Waals surface area contributed by atoms with Gasteiger partial charge < -0.3 is 4.90 Å². The summed E-state index contributed by atoms with van der Waals surface area (Å²) in [4.78, 5) is 13.1. The normalized spacial score (nSPS) is 17.7. The Balaban J connectivity index is 2.55. The summed E-state index contributed by atoms with van der Waals surface area (Å²) in [6.07, 6.45) is 7.05. The lowest BCUT2D eigenvalue weighted by Crippen LogP contribution is -2.26. The molecule has 2 heteroatoms. The van der Waals surface area contributed by atoms with E-state index >= 15 is 0 Å². The molecular weight excluding hydrogens is 162 g/mol. The second kappa shape index (κ2) is 4.65. The summed E-state index contributed by atoms with van der Waals surface area (Å²) < 4.78 is 0. The second-order valence-corrected chi connectivity index (χ2v) is 3.10. The average molecular weight is 177 g/mol. The minimum absolute atomic E-state index is 0.247. The van der Waals surface area contributed by atoms with E-state index in [9.17, 15) is 4.79 Å². The Morgan fingerprint density at radius 2 is 2.31 bits per heavy atom. The Morgan fingerprint density at radius 1 is 1.54 bits per heavy atom. The Bertz CT molecular complexity index is 253. The van der Waals surface area contributed by atoms with Gasteiger partial charge in [-0.25, -0.2) is 0 Å². The number of carbonyl (C=O) groups is 1. The molecule has 1 saturated heterocycles. The molecule has 0 N–H and O–H groups in total. The van der Waals surface area contributed by atoms with Crippen LogP contribution in [0.4, 0.5) is 0 Å². The van der Waals surface area contributed by atoms with Gasteiger partial charge in [0, 0.05) is 19.5 Å². The molecular formula is C11H15NO. The van der Waals surface area contributed by atoms with Crippen molar-refractivity contribution in [2.75, 3.05) is 13.1 Å². The first-order chi connectivity index (χ1) is 6.27. The molecule has 0 aromatic heterocycles. The van der Waals surface area contributed by atoms with E-state index < -0.39 is 0 Å². The molecule has 1 fully saturated rings. The van der Waals surface area contributed by atoms with E-state index in [1.807, 2.05) is 11.0 Å². The van der Waals surface area contributed by atoms with E-state index in [-0.39, 0.29) is 5.91 Å². The van der Waals surface area contributed by atoms with Gasteiger partial charge in [-0.3, -0.25) is 4.79 Å². The van der Waals surface area contributed by atoms with Crippen LogP contribution in [0.15, 0.2) is 37.0 Å². The Morgan fingerprint density at radius 3 is 2.77 bits per heavy atom. The summed E-state index contributed by atoms with van der Waals surface area (Å²) in [6.45, 7) is 8.86. The molecule has 0 atom stereocenters. The molecule has 0 unspecified atom stereocenters. The Labute approximate surface area is 79.2 Å².